The molecule has 0 fully saturated rings. The lowest BCUT2D eigenvalue weighted by molar-refractivity contribution is -0.128. The maximum atomic E-state index is 12.7. The van der Waals surface area contributed by atoms with Crippen LogP contribution >= 0.6 is 0 Å². The SMILES string of the molecule is Cc1cnc(C(=O)Cc2ccnc(C3(C)CC(=O)N(C)C(N)=N3)c2)c(C)c1. The molecule has 1 aliphatic heterocycles. The number of aryl methyl sites for hydroxylation is 2. The number of ketones is 1. The molecule has 1 aliphatic rings. The number of carbonyl (C=O) groups excluding carboxylic acids is 2. The molecule has 3 heterocycles. The third-order valence-electron chi connectivity index (χ3n) is 4.79. The first-order chi connectivity index (χ1) is 12.7. The van der Waals surface area contributed by atoms with Crippen molar-refractivity contribution < 1.29 is 9.59 Å². The highest BCUT2D eigenvalue weighted by Crippen LogP contribution is 2.32. The molecule has 1 amide bonds. The first kappa shape index (κ1) is 18.7. The molecule has 7 heteroatoms. The normalized spacial score (nSPS) is 19.8. The molecular formula is C20H23N5O2. The molecule has 2 aromatic rings. The van der Waals surface area contributed by atoms with Gasteiger partial charge in [-0.25, -0.2) is 4.99 Å². The molecule has 3 rings (SSSR count). The zero-order valence-corrected chi connectivity index (χ0v) is 16.0. The molecule has 0 aromatic carbocycles. The number of nitrogens with zero attached hydrogens (tertiary/aromatic N) is 4. The first-order valence-electron chi connectivity index (χ1n) is 8.73. The fourth-order valence-electron chi connectivity index (χ4n) is 3.21. The van der Waals surface area contributed by atoms with E-state index < -0.39 is 5.54 Å². The molecule has 0 radical (unpaired) electrons. The van der Waals surface area contributed by atoms with E-state index >= 15 is 0 Å². The molecule has 0 saturated heterocycles. The summed E-state index contributed by atoms with van der Waals surface area (Å²) in [6.07, 6.45) is 3.71. The molecule has 140 valence electrons. The number of carbonyl (C=O) groups is 2. The van der Waals surface area contributed by atoms with Crippen LogP contribution in [0.1, 0.15) is 46.2 Å². The number of hydrogen-bond acceptors (Lipinski definition) is 6. The van der Waals surface area contributed by atoms with E-state index in [2.05, 4.69) is 15.0 Å². The lowest BCUT2D eigenvalue weighted by atomic mass is 9.90. The highest BCUT2D eigenvalue weighted by atomic mass is 16.2. The summed E-state index contributed by atoms with van der Waals surface area (Å²) in [7, 11) is 1.60. The van der Waals surface area contributed by atoms with Gasteiger partial charge in [-0.2, -0.15) is 0 Å². The Bertz CT molecular complexity index is 953. The molecule has 1 unspecified atom stereocenters. The van der Waals surface area contributed by atoms with E-state index in [-0.39, 0.29) is 30.5 Å². The minimum Gasteiger partial charge on any atom is -0.369 e. The van der Waals surface area contributed by atoms with E-state index in [1.807, 2.05) is 32.9 Å². The maximum absolute atomic E-state index is 12.7. The Labute approximate surface area is 158 Å². The number of aliphatic imine (C=N–C) groups is 1. The van der Waals surface area contributed by atoms with Gasteiger partial charge in [0.1, 0.15) is 11.2 Å². The second-order valence-corrected chi connectivity index (χ2v) is 7.20. The Balaban J connectivity index is 1.88. The fraction of sp³-hybridized carbons (Fsp3) is 0.350. The smallest absolute Gasteiger partial charge is 0.231 e. The van der Waals surface area contributed by atoms with Gasteiger partial charge in [-0.15, -0.1) is 0 Å². The monoisotopic (exact) mass is 365 g/mol. The summed E-state index contributed by atoms with van der Waals surface area (Å²) in [4.78, 5) is 39.3. The Morgan fingerprint density at radius 3 is 2.70 bits per heavy atom. The molecule has 0 bridgehead atoms. The van der Waals surface area contributed by atoms with E-state index in [4.69, 9.17) is 5.73 Å². The number of guanidine groups is 1. The van der Waals surface area contributed by atoms with Crippen molar-refractivity contribution in [2.24, 2.45) is 10.7 Å². The number of amides is 1. The van der Waals surface area contributed by atoms with Crippen molar-refractivity contribution in [3.8, 4) is 0 Å². The van der Waals surface area contributed by atoms with Crippen LogP contribution in [-0.2, 0) is 16.8 Å². The summed E-state index contributed by atoms with van der Waals surface area (Å²) in [6, 6.07) is 5.55. The topological polar surface area (TPSA) is 102 Å². The van der Waals surface area contributed by atoms with Crippen LogP contribution in [0.25, 0.3) is 0 Å². The molecular weight excluding hydrogens is 342 g/mol. The summed E-state index contributed by atoms with van der Waals surface area (Å²) in [5, 5.41) is 0. The molecule has 7 nitrogen and oxygen atoms in total. The molecule has 0 spiro atoms. The van der Waals surface area contributed by atoms with Crippen LogP contribution in [0.3, 0.4) is 0 Å². The highest BCUT2D eigenvalue weighted by Gasteiger charge is 2.37. The lowest BCUT2D eigenvalue weighted by Crippen LogP contribution is -2.47. The fourth-order valence-corrected chi connectivity index (χ4v) is 3.21. The van der Waals surface area contributed by atoms with Gasteiger partial charge in [0.15, 0.2) is 11.7 Å². The number of nitrogens with two attached hydrogens (primary N) is 1. The largest absolute Gasteiger partial charge is 0.369 e. The van der Waals surface area contributed by atoms with Crippen molar-refractivity contribution >= 4 is 17.6 Å². The van der Waals surface area contributed by atoms with Gasteiger partial charge in [0, 0.05) is 25.9 Å². The minimum absolute atomic E-state index is 0.0581. The second kappa shape index (κ2) is 6.90. The summed E-state index contributed by atoms with van der Waals surface area (Å²) >= 11 is 0. The van der Waals surface area contributed by atoms with Crippen molar-refractivity contribution in [1.29, 1.82) is 0 Å². The lowest BCUT2D eigenvalue weighted by Gasteiger charge is -2.32. The number of Topliss-reactive ketones (excluding diaryl/α,β-unsaturated/α-hetero) is 1. The number of pyridine rings is 2. The zero-order chi connectivity index (χ0) is 19.8. The maximum Gasteiger partial charge on any atom is 0.231 e. The predicted molar refractivity (Wildman–Crippen MR) is 102 cm³/mol. The Kier molecular flexibility index (Phi) is 4.78. The van der Waals surface area contributed by atoms with Crippen LogP contribution in [0.5, 0.6) is 0 Å². The minimum atomic E-state index is -0.843. The van der Waals surface area contributed by atoms with Crippen molar-refractivity contribution in [1.82, 2.24) is 14.9 Å². The summed E-state index contributed by atoms with van der Waals surface area (Å²) in [6.45, 7) is 5.65. The quantitative estimate of drug-likeness (QED) is 0.834. The van der Waals surface area contributed by atoms with Crippen molar-refractivity contribution in [3.63, 3.8) is 0 Å². The average molecular weight is 365 g/mol. The summed E-state index contributed by atoms with van der Waals surface area (Å²) < 4.78 is 0. The Morgan fingerprint density at radius 2 is 2.04 bits per heavy atom. The second-order valence-electron chi connectivity index (χ2n) is 7.20. The summed E-state index contributed by atoms with van der Waals surface area (Å²) in [5.41, 5.74) is 8.80. The predicted octanol–water partition coefficient (Wildman–Crippen LogP) is 1.91. The van der Waals surface area contributed by atoms with Gasteiger partial charge >= 0.3 is 0 Å². The third-order valence-corrected chi connectivity index (χ3v) is 4.79. The Hall–Kier alpha value is -3.09. The van der Waals surface area contributed by atoms with Gasteiger partial charge in [0.2, 0.25) is 5.91 Å². The van der Waals surface area contributed by atoms with Crippen LogP contribution in [0, 0.1) is 13.8 Å². The zero-order valence-electron chi connectivity index (χ0n) is 16.0. The van der Waals surface area contributed by atoms with E-state index in [1.54, 1.807) is 25.5 Å². The number of rotatable bonds is 4. The van der Waals surface area contributed by atoms with E-state index in [1.165, 1.54) is 4.90 Å². The molecule has 2 N–H and O–H groups in total. The van der Waals surface area contributed by atoms with Crippen molar-refractivity contribution in [2.45, 2.75) is 39.2 Å². The number of hydrogen-bond donors (Lipinski definition) is 1. The van der Waals surface area contributed by atoms with Gasteiger partial charge < -0.3 is 5.73 Å². The van der Waals surface area contributed by atoms with Crippen LogP contribution in [0.15, 0.2) is 35.6 Å². The van der Waals surface area contributed by atoms with E-state index in [0.29, 0.717) is 11.4 Å². The van der Waals surface area contributed by atoms with Gasteiger partial charge in [-0.3, -0.25) is 24.5 Å². The van der Waals surface area contributed by atoms with Gasteiger partial charge in [-0.1, -0.05) is 6.07 Å². The third kappa shape index (κ3) is 3.72. The number of aromatic nitrogens is 2. The van der Waals surface area contributed by atoms with Crippen LogP contribution < -0.4 is 5.73 Å². The van der Waals surface area contributed by atoms with Gasteiger partial charge in [0.05, 0.1) is 12.1 Å². The van der Waals surface area contributed by atoms with Crippen LogP contribution in [-0.4, -0.2) is 39.6 Å². The first-order valence-corrected chi connectivity index (χ1v) is 8.73. The standard InChI is InChI=1S/C20H23N5O2/c1-12-7-13(2)18(23-11-12)15(26)8-14-5-6-22-16(9-14)20(3)10-17(27)25(4)19(21)24-20/h5-7,9,11H,8,10H2,1-4H3,(H2,21,24). The van der Waals surface area contributed by atoms with Gasteiger partial charge in [0.25, 0.3) is 0 Å². The van der Waals surface area contributed by atoms with E-state index in [9.17, 15) is 9.59 Å². The molecule has 27 heavy (non-hydrogen) atoms. The molecule has 2 aromatic heterocycles. The Morgan fingerprint density at radius 1 is 1.30 bits per heavy atom. The average Bonchev–Trinajstić information content (AvgIpc) is 2.59. The van der Waals surface area contributed by atoms with Crippen LogP contribution in [0.2, 0.25) is 0 Å². The van der Waals surface area contributed by atoms with Crippen molar-refractivity contribution in [3.05, 3.63) is 58.7 Å². The molecule has 1 atom stereocenters. The van der Waals surface area contributed by atoms with E-state index in [0.717, 1.165) is 16.7 Å². The molecule has 0 aliphatic carbocycles. The van der Waals surface area contributed by atoms with Crippen LogP contribution in [0.4, 0.5) is 0 Å². The molecule has 0 saturated carbocycles. The highest BCUT2D eigenvalue weighted by molar-refractivity contribution is 5.99. The van der Waals surface area contributed by atoms with Crippen molar-refractivity contribution in [2.75, 3.05) is 7.05 Å². The summed E-state index contributed by atoms with van der Waals surface area (Å²) in [5.74, 6) is -0.0125. The van der Waals surface area contributed by atoms with Gasteiger partial charge in [-0.05, 0) is 49.6 Å².